The molecule has 0 radical (unpaired) electrons. The van der Waals surface area contributed by atoms with Crippen LogP contribution in [0, 0.1) is 17.0 Å². The van der Waals surface area contributed by atoms with E-state index in [0.29, 0.717) is 35.7 Å². The average molecular weight is 247 g/mol. The highest BCUT2D eigenvalue weighted by Gasteiger charge is 2.20. The van der Waals surface area contributed by atoms with Gasteiger partial charge in [0.25, 0.3) is 5.69 Å². The Hall–Kier alpha value is -2.21. The SMILES string of the molecule is Cc1cccc(-c2cnc(CCN)o2)c1[N+](=O)[O-]. The normalized spacial score (nSPS) is 10.6. The van der Waals surface area contributed by atoms with E-state index in [-0.39, 0.29) is 5.69 Å². The van der Waals surface area contributed by atoms with Gasteiger partial charge in [-0.15, -0.1) is 0 Å². The van der Waals surface area contributed by atoms with Gasteiger partial charge in [0.15, 0.2) is 11.7 Å². The van der Waals surface area contributed by atoms with Gasteiger partial charge in [0, 0.05) is 18.5 Å². The fourth-order valence-electron chi connectivity index (χ4n) is 1.77. The molecule has 6 nitrogen and oxygen atoms in total. The molecule has 1 aromatic carbocycles. The summed E-state index contributed by atoms with van der Waals surface area (Å²) in [6.45, 7) is 2.12. The van der Waals surface area contributed by atoms with E-state index in [9.17, 15) is 10.1 Å². The predicted molar refractivity (Wildman–Crippen MR) is 66.1 cm³/mol. The number of hydrogen-bond acceptors (Lipinski definition) is 5. The number of benzene rings is 1. The van der Waals surface area contributed by atoms with Crippen LogP contribution < -0.4 is 5.73 Å². The van der Waals surface area contributed by atoms with Gasteiger partial charge in [0.05, 0.1) is 16.7 Å². The first-order chi connectivity index (χ1) is 8.63. The van der Waals surface area contributed by atoms with E-state index in [1.54, 1.807) is 25.1 Å². The zero-order chi connectivity index (χ0) is 13.1. The molecule has 94 valence electrons. The van der Waals surface area contributed by atoms with Crippen molar-refractivity contribution >= 4 is 5.69 Å². The second kappa shape index (κ2) is 4.97. The monoisotopic (exact) mass is 247 g/mol. The molecule has 0 saturated heterocycles. The Morgan fingerprint density at radius 3 is 2.94 bits per heavy atom. The third-order valence-electron chi connectivity index (χ3n) is 2.60. The van der Waals surface area contributed by atoms with Crippen LogP contribution in [-0.4, -0.2) is 16.5 Å². The number of nitro benzene ring substituents is 1. The lowest BCUT2D eigenvalue weighted by Crippen LogP contribution is -2.02. The summed E-state index contributed by atoms with van der Waals surface area (Å²) in [6.07, 6.45) is 2.01. The second-order valence-corrected chi connectivity index (χ2v) is 3.89. The number of aryl methyl sites for hydroxylation is 1. The van der Waals surface area contributed by atoms with Crippen molar-refractivity contribution in [2.24, 2.45) is 5.73 Å². The molecule has 0 fully saturated rings. The fraction of sp³-hybridized carbons (Fsp3) is 0.250. The van der Waals surface area contributed by atoms with Crippen molar-refractivity contribution in [3.63, 3.8) is 0 Å². The summed E-state index contributed by atoms with van der Waals surface area (Å²) in [6, 6.07) is 5.10. The average Bonchev–Trinajstić information content (AvgIpc) is 2.77. The molecule has 2 aromatic rings. The molecule has 0 aliphatic rings. The quantitative estimate of drug-likeness (QED) is 0.659. The maximum absolute atomic E-state index is 11.1. The molecule has 0 bridgehead atoms. The molecule has 0 aliphatic heterocycles. The Balaban J connectivity index is 2.49. The lowest BCUT2D eigenvalue weighted by molar-refractivity contribution is -0.384. The van der Waals surface area contributed by atoms with Crippen molar-refractivity contribution < 1.29 is 9.34 Å². The maximum Gasteiger partial charge on any atom is 0.283 e. The molecule has 0 spiro atoms. The van der Waals surface area contributed by atoms with E-state index in [2.05, 4.69) is 4.98 Å². The molecule has 18 heavy (non-hydrogen) atoms. The van der Waals surface area contributed by atoms with Crippen LogP contribution in [0.3, 0.4) is 0 Å². The molecule has 2 N–H and O–H groups in total. The topological polar surface area (TPSA) is 95.2 Å². The van der Waals surface area contributed by atoms with Gasteiger partial charge in [-0.2, -0.15) is 0 Å². The highest BCUT2D eigenvalue weighted by molar-refractivity contribution is 5.71. The van der Waals surface area contributed by atoms with Crippen molar-refractivity contribution in [3.05, 3.63) is 46.0 Å². The fourth-order valence-corrected chi connectivity index (χ4v) is 1.77. The summed E-state index contributed by atoms with van der Waals surface area (Å²) in [5, 5.41) is 11.1. The minimum atomic E-state index is -0.407. The number of nitro groups is 1. The number of oxazole rings is 1. The number of para-hydroxylation sites is 1. The predicted octanol–water partition coefficient (Wildman–Crippen LogP) is 2.06. The van der Waals surface area contributed by atoms with Gasteiger partial charge < -0.3 is 10.2 Å². The number of nitrogens with two attached hydrogens (primary N) is 1. The highest BCUT2D eigenvalue weighted by atomic mass is 16.6. The first-order valence-electron chi connectivity index (χ1n) is 5.52. The van der Waals surface area contributed by atoms with Crippen LogP contribution >= 0.6 is 0 Å². The van der Waals surface area contributed by atoms with Crippen LogP contribution in [0.25, 0.3) is 11.3 Å². The van der Waals surface area contributed by atoms with E-state index in [1.807, 2.05) is 0 Å². The molecular formula is C12H13N3O3. The van der Waals surface area contributed by atoms with Gasteiger partial charge in [0.2, 0.25) is 0 Å². The third kappa shape index (κ3) is 2.23. The van der Waals surface area contributed by atoms with Crippen LogP contribution in [0.4, 0.5) is 5.69 Å². The molecule has 0 saturated carbocycles. The van der Waals surface area contributed by atoms with Crippen molar-refractivity contribution in [2.45, 2.75) is 13.3 Å². The largest absolute Gasteiger partial charge is 0.440 e. The summed E-state index contributed by atoms with van der Waals surface area (Å²) < 4.78 is 5.46. The zero-order valence-electron chi connectivity index (χ0n) is 9.92. The number of rotatable bonds is 4. The van der Waals surface area contributed by atoms with Crippen molar-refractivity contribution in [1.29, 1.82) is 0 Å². The van der Waals surface area contributed by atoms with E-state index in [1.165, 1.54) is 6.20 Å². The molecular weight excluding hydrogens is 234 g/mol. The standard InChI is InChI=1S/C12H13N3O3/c1-8-3-2-4-9(12(8)15(16)17)10-7-14-11(18-10)5-6-13/h2-4,7H,5-6,13H2,1H3. The van der Waals surface area contributed by atoms with Crippen LogP contribution in [0.15, 0.2) is 28.8 Å². The number of aromatic nitrogens is 1. The third-order valence-corrected chi connectivity index (χ3v) is 2.60. The first-order valence-corrected chi connectivity index (χ1v) is 5.52. The lowest BCUT2D eigenvalue weighted by Gasteiger charge is -2.01. The zero-order valence-corrected chi connectivity index (χ0v) is 9.92. The molecule has 0 unspecified atom stereocenters. The van der Waals surface area contributed by atoms with Gasteiger partial charge in [-0.25, -0.2) is 4.98 Å². The van der Waals surface area contributed by atoms with Crippen LogP contribution in [0.2, 0.25) is 0 Å². The molecule has 1 aromatic heterocycles. The summed E-state index contributed by atoms with van der Waals surface area (Å²) in [5.41, 5.74) is 6.48. The highest BCUT2D eigenvalue weighted by Crippen LogP contribution is 2.32. The van der Waals surface area contributed by atoms with Crippen molar-refractivity contribution in [2.75, 3.05) is 6.54 Å². The molecule has 2 rings (SSSR count). The molecule has 6 heteroatoms. The van der Waals surface area contributed by atoms with Crippen LogP contribution in [0.5, 0.6) is 0 Å². The Morgan fingerprint density at radius 2 is 2.28 bits per heavy atom. The molecule has 0 amide bonds. The summed E-state index contributed by atoms with van der Waals surface area (Å²) in [5.74, 6) is 0.886. The molecule has 0 atom stereocenters. The number of nitrogens with zero attached hydrogens (tertiary/aromatic N) is 2. The second-order valence-electron chi connectivity index (χ2n) is 3.89. The van der Waals surface area contributed by atoms with Gasteiger partial charge in [0.1, 0.15) is 0 Å². The lowest BCUT2D eigenvalue weighted by atomic mass is 10.1. The van der Waals surface area contributed by atoms with Gasteiger partial charge in [-0.05, 0) is 13.0 Å². The minimum absolute atomic E-state index is 0.0490. The summed E-state index contributed by atoms with van der Waals surface area (Å²) in [4.78, 5) is 14.7. The Kier molecular flexibility index (Phi) is 3.38. The Labute approximate surface area is 104 Å². The summed E-state index contributed by atoms with van der Waals surface area (Å²) in [7, 11) is 0. The number of hydrogen-bond donors (Lipinski definition) is 1. The maximum atomic E-state index is 11.1. The Morgan fingerprint density at radius 1 is 1.50 bits per heavy atom. The van der Waals surface area contributed by atoms with Gasteiger partial charge >= 0.3 is 0 Å². The smallest absolute Gasteiger partial charge is 0.283 e. The Bertz CT molecular complexity index is 578. The van der Waals surface area contributed by atoms with Gasteiger partial charge in [-0.1, -0.05) is 12.1 Å². The summed E-state index contributed by atoms with van der Waals surface area (Å²) >= 11 is 0. The van der Waals surface area contributed by atoms with E-state index in [0.717, 1.165) is 0 Å². The van der Waals surface area contributed by atoms with E-state index >= 15 is 0 Å². The van der Waals surface area contributed by atoms with E-state index in [4.69, 9.17) is 10.2 Å². The van der Waals surface area contributed by atoms with Crippen molar-refractivity contribution in [3.8, 4) is 11.3 Å². The van der Waals surface area contributed by atoms with E-state index < -0.39 is 4.92 Å². The molecule has 0 aliphatic carbocycles. The van der Waals surface area contributed by atoms with Crippen molar-refractivity contribution in [1.82, 2.24) is 4.98 Å². The first kappa shape index (κ1) is 12.3. The van der Waals surface area contributed by atoms with Gasteiger partial charge in [-0.3, -0.25) is 10.1 Å². The van der Waals surface area contributed by atoms with Crippen LogP contribution in [0.1, 0.15) is 11.5 Å². The molecule has 1 heterocycles. The minimum Gasteiger partial charge on any atom is -0.440 e. The van der Waals surface area contributed by atoms with Crippen LogP contribution in [-0.2, 0) is 6.42 Å².